The number of nitrogens with two attached hydrogens (primary N) is 1. The second-order valence-corrected chi connectivity index (χ2v) is 6.62. The first-order valence-corrected chi connectivity index (χ1v) is 9.08. The highest BCUT2D eigenvalue weighted by atomic mass is 19.1. The second kappa shape index (κ2) is 7.17. The van der Waals surface area contributed by atoms with Crippen molar-refractivity contribution in [2.45, 2.75) is 25.9 Å². The summed E-state index contributed by atoms with van der Waals surface area (Å²) < 4.78 is 25.6. The van der Waals surface area contributed by atoms with E-state index in [2.05, 4.69) is 9.88 Å². The van der Waals surface area contributed by atoms with Gasteiger partial charge in [0.15, 0.2) is 0 Å². The summed E-state index contributed by atoms with van der Waals surface area (Å²) in [5.74, 6) is 1.06. The summed E-state index contributed by atoms with van der Waals surface area (Å²) in [5, 5.41) is 0. The van der Waals surface area contributed by atoms with Crippen LogP contribution in [0.2, 0.25) is 0 Å². The lowest BCUT2D eigenvalue weighted by Crippen LogP contribution is -2.37. The smallest absolute Gasteiger partial charge is 0.226 e. The van der Waals surface area contributed by atoms with Crippen molar-refractivity contribution in [1.82, 2.24) is 9.97 Å². The van der Waals surface area contributed by atoms with Gasteiger partial charge in [-0.05, 0) is 24.6 Å². The number of morpholine rings is 1. The molecular weight excluding hydrogens is 335 g/mol. The Morgan fingerprint density at radius 1 is 1.23 bits per heavy atom. The van der Waals surface area contributed by atoms with Gasteiger partial charge in [0.05, 0.1) is 18.9 Å². The first-order valence-electron chi connectivity index (χ1n) is 9.08. The van der Waals surface area contributed by atoms with Crippen molar-refractivity contribution >= 4 is 5.95 Å². The molecule has 0 saturated carbocycles. The number of fused-ring (bicyclic) bond motifs is 1. The zero-order valence-corrected chi connectivity index (χ0v) is 14.9. The predicted molar refractivity (Wildman–Crippen MR) is 97.0 cm³/mol. The van der Waals surface area contributed by atoms with E-state index >= 15 is 0 Å². The topological polar surface area (TPSA) is 73.5 Å². The molecule has 0 spiro atoms. The van der Waals surface area contributed by atoms with Crippen LogP contribution in [0.5, 0.6) is 5.75 Å². The molecule has 3 heterocycles. The first-order chi connectivity index (χ1) is 12.7. The zero-order chi connectivity index (χ0) is 18.1. The molecule has 0 amide bonds. The van der Waals surface area contributed by atoms with E-state index in [1.807, 2.05) is 13.0 Å². The number of rotatable bonds is 4. The van der Waals surface area contributed by atoms with Crippen LogP contribution in [0.1, 0.15) is 18.2 Å². The summed E-state index contributed by atoms with van der Waals surface area (Å²) in [6.07, 6.45) is 1.28. The van der Waals surface area contributed by atoms with Crippen molar-refractivity contribution in [1.29, 1.82) is 0 Å². The molecule has 1 atom stereocenters. The minimum Gasteiger partial charge on any atom is -0.488 e. The summed E-state index contributed by atoms with van der Waals surface area (Å²) in [7, 11) is 0. The van der Waals surface area contributed by atoms with Gasteiger partial charge < -0.3 is 20.1 Å². The van der Waals surface area contributed by atoms with Gasteiger partial charge in [0.2, 0.25) is 5.95 Å². The first kappa shape index (κ1) is 17.2. The van der Waals surface area contributed by atoms with Crippen molar-refractivity contribution in [2.75, 3.05) is 37.7 Å². The SMILES string of the molecule is CCc1cc(-c2cc(F)cc3c2OC(CN)C3)nc(N2CCOCC2)n1. The molecule has 6 nitrogen and oxygen atoms in total. The van der Waals surface area contributed by atoms with Crippen LogP contribution in [-0.4, -0.2) is 48.9 Å². The van der Waals surface area contributed by atoms with Crippen molar-refractivity contribution in [3.8, 4) is 17.0 Å². The second-order valence-electron chi connectivity index (χ2n) is 6.62. The number of benzene rings is 1. The van der Waals surface area contributed by atoms with E-state index in [-0.39, 0.29) is 11.9 Å². The maximum atomic E-state index is 14.2. The molecule has 2 aliphatic rings. The van der Waals surface area contributed by atoms with Gasteiger partial charge in [0, 0.05) is 42.9 Å². The Kier molecular flexibility index (Phi) is 4.74. The number of anilines is 1. The fraction of sp³-hybridized carbons (Fsp3) is 0.474. The Morgan fingerprint density at radius 3 is 2.77 bits per heavy atom. The molecule has 4 rings (SSSR count). The van der Waals surface area contributed by atoms with Gasteiger partial charge >= 0.3 is 0 Å². The van der Waals surface area contributed by atoms with E-state index in [1.165, 1.54) is 12.1 Å². The normalized spacial score (nSPS) is 19.3. The van der Waals surface area contributed by atoms with Crippen molar-refractivity contribution in [3.63, 3.8) is 0 Å². The third-order valence-electron chi connectivity index (χ3n) is 4.83. The number of nitrogens with zero attached hydrogens (tertiary/aromatic N) is 3. The number of hydrogen-bond donors (Lipinski definition) is 1. The van der Waals surface area contributed by atoms with Gasteiger partial charge in [-0.15, -0.1) is 0 Å². The van der Waals surface area contributed by atoms with Gasteiger partial charge in [-0.3, -0.25) is 0 Å². The van der Waals surface area contributed by atoms with Crippen LogP contribution >= 0.6 is 0 Å². The molecule has 1 unspecified atom stereocenters. The average Bonchev–Trinajstić information content (AvgIpc) is 3.10. The lowest BCUT2D eigenvalue weighted by atomic mass is 10.0. The maximum Gasteiger partial charge on any atom is 0.226 e. The highest BCUT2D eigenvalue weighted by Gasteiger charge is 2.27. The molecule has 1 aromatic carbocycles. The van der Waals surface area contributed by atoms with Crippen LogP contribution < -0.4 is 15.4 Å². The third-order valence-corrected chi connectivity index (χ3v) is 4.83. The van der Waals surface area contributed by atoms with Crippen molar-refractivity contribution < 1.29 is 13.9 Å². The van der Waals surface area contributed by atoms with Gasteiger partial charge in [0.25, 0.3) is 0 Å². The number of ether oxygens (including phenoxy) is 2. The number of aryl methyl sites for hydroxylation is 1. The maximum absolute atomic E-state index is 14.2. The summed E-state index contributed by atoms with van der Waals surface area (Å²) in [5.41, 5.74) is 8.87. The van der Waals surface area contributed by atoms with E-state index in [0.717, 1.165) is 30.8 Å². The Hall–Kier alpha value is -2.25. The molecule has 26 heavy (non-hydrogen) atoms. The quantitative estimate of drug-likeness (QED) is 0.901. The monoisotopic (exact) mass is 358 g/mol. The minimum absolute atomic E-state index is 0.114. The van der Waals surface area contributed by atoms with E-state index in [9.17, 15) is 4.39 Å². The van der Waals surface area contributed by atoms with E-state index < -0.39 is 0 Å². The summed E-state index contributed by atoms with van der Waals surface area (Å²) in [4.78, 5) is 11.5. The van der Waals surface area contributed by atoms with E-state index in [0.29, 0.717) is 49.1 Å². The fourth-order valence-corrected chi connectivity index (χ4v) is 3.42. The van der Waals surface area contributed by atoms with Crippen LogP contribution in [-0.2, 0) is 17.6 Å². The summed E-state index contributed by atoms with van der Waals surface area (Å²) in [6, 6.07) is 4.93. The van der Waals surface area contributed by atoms with Gasteiger partial charge in [-0.2, -0.15) is 0 Å². The lowest BCUT2D eigenvalue weighted by Gasteiger charge is -2.27. The third kappa shape index (κ3) is 3.24. The van der Waals surface area contributed by atoms with Crippen LogP contribution in [0.4, 0.5) is 10.3 Å². The summed E-state index contributed by atoms with van der Waals surface area (Å²) in [6.45, 7) is 5.27. The molecule has 0 radical (unpaired) electrons. The van der Waals surface area contributed by atoms with Crippen molar-refractivity contribution in [3.05, 3.63) is 35.3 Å². The molecular formula is C19H23FN4O2. The molecule has 0 bridgehead atoms. The van der Waals surface area contributed by atoms with Crippen molar-refractivity contribution in [2.24, 2.45) is 5.73 Å². The Balaban J connectivity index is 1.78. The predicted octanol–water partition coefficient (Wildman–Crippen LogP) is 1.94. The number of hydrogen-bond acceptors (Lipinski definition) is 6. The Bertz CT molecular complexity index is 808. The Labute approximate surface area is 152 Å². The average molecular weight is 358 g/mol. The van der Waals surface area contributed by atoms with Gasteiger partial charge in [-0.1, -0.05) is 6.92 Å². The van der Waals surface area contributed by atoms with E-state index in [1.54, 1.807) is 0 Å². The molecule has 1 saturated heterocycles. The highest BCUT2D eigenvalue weighted by Crippen LogP contribution is 2.39. The molecule has 1 fully saturated rings. The largest absolute Gasteiger partial charge is 0.488 e. The number of halogens is 1. The zero-order valence-electron chi connectivity index (χ0n) is 14.9. The Morgan fingerprint density at radius 2 is 2.04 bits per heavy atom. The van der Waals surface area contributed by atoms with Gasteiger partial charge in [-0.25, -0.2) is 14.4 Å². The minimum atomic E-state index is -0.287. The molecule has 1 aromatic heterocycles. The van der Waals surface area contributed by atoms with Crippen LogP contribution in [0, 0.1) is 5.82 Å². The van der Waals surface area contributed by atoms with Crippen LogP contribution in [0.3, 0.4) is 0 Å². The molecule has 138 valence electrons. The standard InChI is InChI=1S/C19H23FN4O2/c1-2-14-10-17(23-19(22-14)24-3-5-25-6-4-24)16-9-13(20)7-12-8-15(11-21)26-18(12)16/h7,9-10,15H,2-6,8,11,21H2,1H3. The van der Waals surface area contributed by atoms with Gasteiger partial charge in [0.1, 0.15) is 17.7 Å². The van der Waals surface area contributed by atoms with E-state index in [4.69, 9.17) is 20.2 Å². The number of aromatic nitrogens is 2. The fourth-order valence-electron chi connectivity index (χ4n) is 3.42. The lowest BCUT2D eigenvalue weighted by molar-refractivity contribution is 0.122. The van der Waals surface area contributed by atoms with Crippen LogP contribution in [0.25, 0.3) is 11.3 Å². The molecule has 0 aliphatic carbocycles. The molecule has 2 aliphatic heterocycles. The highest BCUT2D eigenvalue weighted by molar-refractivity contribution is 5.71. The molecule has 2 aromatic rings. The van der Waals surface area contributed by atoms with Crippen LogP contribution in [0.15, 0.2) is 18.2 Å². The summed E-state index contributed by atoms with van der Waals surface area (Å²) >= 11 is 0. The molecule has 2 N–H and O–H groups in total. The molecule has 7 heteroatoms.